The van der Waals surface area contributed by atoms with Gasteiger partial charge in [0.05, 0.1) is 11.3 Å². The molecular formula is C15H17N3O3S. The number of primary amides is 1. The Bertz CT molecular complexity index is 732. The Morgan fingerprint density at radius 1 is 1.32 bits per heavy atom. The lowest BCUT2D eigenvalue weighted by Gasteiger charge is -2.04. The van der Waals surface area contributed by atoms with Gasteiger partial charge in [0.15, 0.2) is 0 Å². The van der Waals surface area contributed by atoms with Crippen molar-refractivity contribution in [1.82, 2.24) is 5.16 Å². The summed E-state index contributed by atoms with van der Waals surface area (Å²) >= 11 is 1.44. The maximum atomic E-state index is 12.2. The third-order valence-electron chi connectivity index (χ3n) is 3.75. The van der Waals surface area contributed by atoms with Crippen LogP contribution in [0.15, 0.2) is 10.6 Å². The van der Waals surface area contributed by atoms with Gasteiger partial charge in [0.2, 0.25) is 5.76 Å². The molecule has 2 amide bonds. The molecule has 0 saturated heterocycles. The lowest BCUT2D eigenvalue weighted by molar-refractivity contribution is 0.0988. The lowest BCUT2D eigenvalue weighted by atomic mass is 10.1. The molecule has 0 saturated carbocycles. The zero-order valence-corrected chi connectivity index (χ0v) is 13.1. The second-order valence-corrected chi connectivity index (χ2v) is 6.52. The van der Waals surface area contributed by atoms with Crippen LogP contribution in [0.1, 0.15) is 56.3 Å². The Hall–Kier alpha value is -2.15. The van der Waals surface area contributed by atoms with Gasteiger partial charge in [-0.25, -0.2) is 0 Å². The molecule has 0 spiro atoms. The highest BCUT2D eigenvalue weighted by molar-refractivity contribution is 7.17. The largest absolute Gasteiger partial charge is 0.365 e. The van der Waals surface area contributed by atoms with Crippen LogP contribution in [0, 0.1) is 6.92 Å². The van der Waals surface area contributed by atoms with Crippen molar-refractivity contribution in [3.63, 3.8) is 0 Å². The number of nitrogens with zero attached hydrogens (tertiary/aromatic N) is 1. The van der Waals surface area contributed by atoms with E-state index in [0.717, 1.165) is 42.5 Å². The van der Waals surface area contributed by atoms with Crippen molar-refractivity contribution >= 4 is 28.2 Å². The minimum absolute atomic E-state index is 0.122. The second-order valence-electron chi connectivity index (χ2n) is 5.42. The summed E-state index contributed by atoms with van der Waals surface area (Å²) in [6, 6.07) is 1.55. The first kappa shape index (κ1) is 14.8. The number of rotatable bonds is 3. The minimum Gasteiger partial charge on any atom is -0.365 e. The molecule has 7 heteroatoms. The molecule has 0 unspecified atom stereocenters. The molecule has 2 heterocycles. The molecule has 6 nitrogen and oxygen atoms in total. The molecule has 0 radical (unpaired) electrons. The third-order valence-corrected chi connectivity index (χ3v) is 4.95. The number of aryl methyl sites for hydroxylation is 2. The fraction of sp³-hybridized carbons (Fsp3) is 0.400. The summed E-state index contributed by atoms with van der Waals surface area (Å²) in [5.74, 6) is -0.792. The Morgan fingerprint density at radius 3 is 2.77 bits per heavy atom. The van der Waals surface area contributed by atoms with Crippen LogP contribution >= 0.6 is 11.3 Å². The molecule has 2 aromatic rings. The molecule has 22 heavy (non-hydrogen) atoms. The fourth-order valence-electron chi connectivity index (χ4n) is 2.73. The smallest absolute Gasteiger partial charge is 0.294 e. The van der Waals surface area contributed by atoms with E-state index in [4.69, 9.17) is 10.3 Å². The maximum Gasteiger partial charge on any atom is 0.294 e. The maximum absolute atomic E-state index is 12.2. The highest BCUT2D eigenvalue weighted by atomic mass is 32.1. The van der Waals surface area contributed by atoms with Crippen LogP contribution in [0.4, 0.5) is 5.00 Å². The van der Waals surface area contributed by atoms with E-state index in [0.29, 0.717) is 16.3 Å². The van der Waals surface area contributed by atoms with E-state index in [1.807, 2.05) is 0 Å². The molecule has 0 fully saturated rings. The van der Waals surface area contributed by atoms with Crippen LogP contribution in [-0.4, -0.2) is 17.0 Å². The number of nitrogens with one attached hydrogen (secondary N) is 1. The summed E-state index contributed by atoms with van der Waals surface area (Å²) in [5, 5.41) is 6.95. The van der Waals surface area contributed by atoms with Crippen molar-refractivity contribution in [2.75, 3.05) is 5.32 Å². The van der Waals surface area contributed by atoms with E-state index in [9.17, 15) is 9.59 Å². The molecule has 1 aliphatic carbocycles. The Morgan fingerprint density at radius 2 is 2.09 bits per heavy atom. The van der Waals surface area contributed by atoms with Crippen LogP contribution in [0.5, 0.6) is 0 Å². The van der Waals surface area contributed by atoms with Gasteiger partial charge < -0.3 is 15.6 Å². The van der Waals surface area contributed by atoms with E-state index < -0.39 is 11.8 Å². The zero-order valence-electron chi connectivity index (χ0n) is 12.3. The average molecular weight is 319 g/mol. The molecule has 0 atom stereocenters. The summed E-state index contributed by atoms with van der Waals surface area (Å²) < 4.78 is 4.95. The second kappa shape index (κ2) is 5.92. The molecule has 2 aromatic heterocycles. The number of hydrogen-bond donors (Lipinski definition) is 2. The van der Waals surface area contributed by atoms with Gasteiger partial charge in [-0.2, -0.15) is 0 Å². The SMILES string of the molecule is Cc1cc(C(=O)Nc2sc3c(c2C(N)=O)CCCCC3)on1. The summed E-state index contributed by atoms with van der Waals surface area (Å²) in [6.45, 7) is 1.74. The standard InChI is InChI=1S/C15H17N3O3S/c1-8-7-10(21-18-8)14(20)17-15-12(13(16)19)9-5-3-2-4-6-11(9)22-15/h7H,2-6H2,1H3,(H2,16,19)(H,17,20). The average Bonchev–Trinajstić information content (AvgIpc) is 2.96. The summed E-state index contributed by atoms with van der Waals surface area (Å²) in [7, 11) is 0. The number of thiophene rings is 1. The highest BCUT2D eigenvalue weighted by Gasteiger charge is 2.25. The number of anilines is 1. The molecule has 0 aliphatic heterocycles. The lowest BCUT2D eigenvalue weighted by Crippen LogP contribution is -2.17. The van der Waals surface area contributed by atoms with Crippen molar-refractivity contribution in [3.05, 3.63) is 33.5 Å². The summed E-state index contributed by atoms with van der Waals surface area (Å²) in [5.41, 5.74) is 7.61. The number of aromatic nitrogens is 1. The number of nitrogens with two attached hydrogens (primary N) is 1. The first-order valence-corrected chi connectivity index (χ1v) is 8.07. The molecular weight excluding hydrogens is 302 g/mol. The van der Waals surface area contributed by atoms with E-state index in [-0.39, 0.29) is 5.76 Å². The Kier molecular flexibility index (Phi) is 3.98. The van der Waals surface area contributed by atoms with Gasteiger partial charge in [-0.3, -0.25) is 9.59 Å². The Labute approximate surface area is 131 Å². The van der Waals surface area contributed by atoms with E-state index in [1.54, 1.807) is 13.0 Å². The van der Waals surface area contributed by atoms with Gasteiger partial charge in [0.25, 0.3) is 11.8 Å². The quantitative estimate of drug-likeness (QED) is 0.850. The predicted octanol–water partition coefficient (Wildman–Crippen LogP) is 2.66. The number of amides is 2. The minimum atomic E-state index is -0.497. The third kappa shape index (κ3) is 2.76. The van der Waals surface area contributed by atoms with E-state index >= 15 is 0 Å². The van der Waals surface area contributed by atoms with Crippen molar-refractivity contribution in [2.24, 2.45) is 5.73 Å². The van der Waals surface area contributed by atoms with Gasteiger partial charge in [0, 0.05) is 10.9 Å². The molecule has 116 valence electrons. The molecule has 1 aliphatic rings. The van der Waals surface area contributed by atoms with Crippen LogP contribution in [0.2, 0.25) is 0 Å². The molecule has 0 bridgehead atoms. The van der Waals surface area contributed by atoms with E-state index in [2.05, 4.69) is 10.5 Å². The van der Waals surface area contributed by atoms with Crippen LogP contribution < -0.4 is 11.1 Å². The number of carbonyl (C=O) groups excluding carboxylic acids is 2. The van der Waals surface area contributed by atoms with Gasteiger partial charge in [-0.05, 0) is 38.2 Å². The van der Waals surface area contributed by atoms with Gasteiger partial charge in [0.1, 0.15) is 5.00 Å². The first-order valence-electron chi connectivity index (χ1n) is 7.25. The van der Waals surface area contributed by atoms with E-state index in [1.165, 1.54) is 11.3 Å². The molecule has 3 rings (SSSR count). The fourth-order valence-corrected chi connectivity index (χ4v) is 4.02. The van der Waals surface area contributed by atoms with Crippen molar-refractivity contribution in [1.29, 1.82) is 0 Å². The summed E-state index contributed by atoms with van der Waals surface area (Å²) in [4.78, 5) is 25.2. The van der Waals surface area contributed by atoms with Gasteiger partial charge in [-0.1, -0.05) is 11.6 Å². The Balaban J connectivity index is 1.93. The van der Waals surface area contributed by atoms with Gasteiger partial charge >= 0.3 is 0 Å². The number of carbonyl (C=O) groups is 2. The van der Waals surface area contributed by atoms with Crippen LogP contribution in [0.3, 0.4) is 0 Å². The zero-order chi connectivity index (χ0) is 15.7. The normalized spacial score (nSPS) is 14.2. The topological polar surface area (TPSA) is 98.2 Å². The predicted molar refractivity (Wildman–Crippen MR) is 83.3 cm³/mol. The van der Waals surface area contributed by atoms with Crippen LogP contribution in [-0.2, 0) is 12.8 Å². The first-order chi connectivity index (χ1) is 10.6. The monoisotopic (exact) mass is 319 g/mol. The highest BCUT2D eigenvalue weighted by Crippen LogP contribution is 2.37. The molecule has 0 aromatic carbocycles. The van der Waals surface area contributed by atoms with Crippen molar-refractivity contribution in [3.8, 4) is 0 Å². The molecule has 3 N–H and O–H groups in total. The van der Waals surface area contributed by atoms with Gasteiger partial charge in [-0.15, -0.1) is 11.3 Å². The van der Waals surface area contributed by atoms with Crippen LogP contribution in [0.25, 0.3) is 0 Å². The number of hydrogen-bond acceptors (Lipinski definition) is 5. The van der Waals surface area contributed by atoms with Crippen molar-refractivity contribution in [2.45, 2.75) is 39.0 Å². The number of fused-ring (bicyclic) bond motifs is 1. The van der Waals surface area contributed by atoms with Crippen molar-refractivity contribution < 1.29 is 14.1 Å². The summed E-state index contributed by atoms with van der Waals surface area (Å²) in [6.07, 6.45) is 5.05.